The summed E-state index contributed by atoms with van der Waals surface area (Å²) in [5.74, 6) is 2.90. The predicted molar refractivity (Wildman–Crippen MR) is 63.4 cm³/mol. The molecule has 2 unspecified atom stereocenters. The van der Waals surface area contributed by atoms with Gasteiger partial charge in [0.2, 0.25) is 0 Å². The molecular weight excluding hydrogens is 170 g/mol. The van der Waals surface area contributed by atoms with Crippen molar-refractivity contribution in [2.45, 2.75) is 52.4 Å². The zero-order valence-corrected chi connectivity index (χ0v) is 10.2. The van der Waals surface area contributed by atoms with E-state index >= 15 is 0 Å². The van der Waals surface area contributed by atoms with Crippen LogP contribution in [0.2, 0.25) is 0 Å². The zero-order valence-electron chi connectivity index (χ0n) is 10.2. The summed E-state index contributed by atoms with van der Waals surface area (Å²) < 4.78 is 0. The Morgan fingerprint density at radius 2 is 1.93 bits per heavy atom. The molecular formula is C13H27N. The van der Waals surface area contributed by atoms with Crippen LogP contribution < -0.4 is 5.32 Å². The molecule has 0 spiro atoms. The molecule has 1 N–H and O–H groups in total. The molecule has 1 fully saturated rings. The van der Waals surface area contributed by atoms with Gasteiger partial charge in [0, 0.05) is 0 Å². The number of nitrogens with one attached hydrogen (secondary N) is 1. The maximum absolute atomic E-state index is 3.34. The molecule has 1 nitrogen and oxygen atoms in total. The van der Waals surface area contributed by atoms with Crippen LogP contribution in [0.3, 0.4) is 0 Å². The standard InChI is InChI=1S/C13H27N/c1-11(2)6-4-7-12-8-5-9-13(12)10-14-3/h11-14H,4-10H2,1-3H3. The van der Waals surface area contributed by atoms with Crippen molar-refractivity contribution >= 4 is 0 Å². The number of hydrogen-bond donors (Lipinski definition) is 1. The average molecular weight is 197 g/mol. The van der Waals surface area contributed by atoms with Gasteiger partial charge in [-0.1, -0.05) is 46.0 Å². The molecule has 0 heterocycles. The van der Waals surface area contributed by atoms with Gasteiger partial charge in [0.05, 0.1) is 0 Å². The molecule has 0 aromatic rings. The Kier molecular flexibility index (Phi) is 5.54. The Balaban J connectivity index is 2.15. The van der Waals surface area contributed by atoms with E-state index in [-0.39, 0.29) is 0 Å². The second-order valence-corrected chi connectivity index (χ2v) is 5.33. The van der Waals surface area contributed by atoms with Crippen molar-refractivity contribution in [3.8, 4) is 0 Å². The van der Waals surface area contributed by atoms with Crippen molar-refractivity contribution in [1.29, 1.82) is 0 Å². The first-order chi connectivity index (χ1) is 6.74. The molecule has 1 heteroatoms. The quantitative estimate of drug-likeness (QED) is 0.687. The van der Waals surface area contributed by atoms with E-state index in [4.69, 9.17) is 0 Å². The molecule has 0 aromatic heterocycles. The van der Waals surface area contributed by atoms with Crippen LogP contribution in [0, 0.1) is 17.8 Å². The molecule has 0 aromatic carbocycles. The van der Waals surface area contributed by atoms with E-state index in [0.717, 1.165) is 17.8 Å². The monoisotopic (exact) mass is 197 g/mol. The molecule has 1 saturated carbocycles. The van der Waals surface area contributed by atoms with E-state index in [1.807, 2.05) is 0 Å². The normalized spacial score (nSPS) is 27.4. The number of rotatable bonds is 6. The minimum absolute atomic E-state index is 0.888. The highest BCUT2D eigenvalue weighted by molar-refractivity contribution is 4.78. The molecule has 0 amide bonds. The highest BCUT2D eigenvalue weighted by Gasteiger charge is 2.25. The third-order valence-electron chi connectivity index (χ3n) is 3.64. The van der Waals surface area contributed by atoms with E-state index in [1.165, 1.54) is 45.1 Å². The molecule has 0 aliphatic heterocycles. The minimum atomic E-state index is 0.888. The summed E-state index contributed by atoms with van der Waals surface area (Å²) in [6.45, 7) is 5.91. The van der Waals surface area contributed by atoms with Crippen LogP contribution in [0.5, 0.6) is 0 Å². The zero-order chi connectivity index (χ0) is 10.4. The molecule has 0 radical (unpaired) electrons. The lowest BCUT2D eigenvalue weighted by Crippen LogP contribution is -2.22. The van der Waals surface area contributed by atoms with Crippen molar-refractivity contribution in [3.05, 3.63) is 0 Å². The van der Waals surface area contributed by atoms with Crippen LogP contribution in [0.4, 0.5) is 0 Å². The fourth-order valence-corrected chi connectivity index (χ4v) is 2.81. The molecule has 1 rings (SSSR count). The summed E-state index contributed by atoms with van der Waals surface area (Å²) in [5.41, 5.74) is 0. The van der Waals surface area contributed by atoms with E-state index in [1.54, 1.807) is 0 Å². The molecule has 0 bridgehead atoms. The van der Waals surface area contributed by atoms with Gasteiger partial charge in [-0.05, 0) is 37.8 Å². The molecule has 84 valence electrons. The van der Waals surface area contributed by atoms with E-state index in [2.05, 4.69) is 26.2 Å². The molecule has 0 saturated heterocycles. The van der Waals surface area contributed by atoms with E-state index in [9.17, 15) is 0 Å². The van der Waals surface area contributed by atoms with E-state index in [0.29, 0.717) is 0 Å². The van der Waals surface area contributed by atoms with Gasteiger partial charge in [-0.2, -0.15) is 0 Å². The maximum Gasteiger partial charge on any atom is -0.00209 e. The fourth-order valence-electron chi connectivity index (χ4n) is 2.81. The van der Waals surface area contributed by atoms with Crippen molar-refractivity contribution in [3.63, 3.8) is 0 Å². The second-order valence-electron chi connectivity index (χ2n) is 5.33. The minimum Gasteiger partial charge on any atom is -0.319 e. The lowest BCUT2D eigenvalue weighted by molar-refractivity contribution is 0.337. The highest BCUT2D eigenvalue weighted by atomic mass is 14.8. The van der Waals surface area contributed by atoms with Crippen LogP contribution in [0.15, 0.2) is 0 Å². The summed E-state index contributed by atoms with van der Waals surface area (Å²) >= 11 is 0. The summed E-state index contributed by atoms with van der Waals surface area (Å²) in [6.07, 6.45) is 8.77. The third-order valence-corrected chi connectivity index (χ3v) is 3.64. The lowest BCUT2D eigenvalue weighted by Gasteiger charge is -2.19. The molecule has 14 heavy (non-hydrogen) atoms. The molecule has 2 atom stereocenters. The van der Waals surface area contributed by atoms with Gasteiger partial charge in [0.25, 0.3) is 0 Å². The first-order valence-corrected chi connectivity index (χ1v) is 6.38. The summed E-state index contributed by atoms with van der Waals surface area (Å²) in [6, 6.07) is 0. The van der Waals surface area contributed by atoms with Crippen molar-refractivity contribution in [2.24, 2.45) is 17.8 Å². The van der Waals surface area contributed by atoms with Gasteiger partial charge < -0.3 is 5.32 Å². The Morgan fingerprint density at radius 1 is 1.21 bits per heavy atom. The Morgan fingerprint density at radius 3 is 2.57 bits per heavy atom. The lowest BCUT2D eigenvalue weighted by atomic mass is 9.90. The van der Waals surface area contributed by atoms with Crippen molar-refractivity contribution in [1.82, 2.24) is 5.32 Å². The third kappa shape index (κ3) is 4.00. The number of hydrogen-bond acceptors (Lipinski definition) is 1. The molecule has 1 aliphatic rings. The SMILES string of the molecule is CNCC1CCCC1CCCC(C)C. The van der Waals surface area contributed by atoms with Crippen LogP contribution >= 0.6 is 0 Å². The van der Waals surface area contributed by atoms with Gasteiger partial charge in [-0.3, -0.25) is 0 Å². The Hall–Kier alpha value is -0.0400. The average Bonchev–Trinajstić information content (AvgIpc) is 2.53. The van der Waals surface area contributed by atoms with Crippen LogP contribution in [-0.2, 0) is 0 Å². The van der Waals surface area contributed by atoms with Crippen LogP contribution in [0.25, 0.3) is 0 Å². The second kappa shape index (κ2) is 6.44. The largest absolute Gasteiger partial charge is 0.319 e. The highest BCUT2D eigenvalue weighted by Crippen LogP contribution is 2.35. The van der Waals surface area contributed by atoms with Crippen molar-refractivity contribution < 1.29 is 0 Å². The Labute approximate surface area is 89.7 Å². The fraction of sp³-hybridized carbons (Fsp3) is 1.00. The van der Waals surface area contributed by atoms with Gasteiger partial charge >= 0.3 is 0 Å². The van der Waals surface area contributed by atoms with E-state index < -0.39 is 0 Å². The maximum atomic E-state index is 3.34. The van der Waals surface area contributed by atoms with Crippen molar-refractivity contribution in [2.75, 3.05) is 13.6 Å². The van der Waals surface area contributed by atoms with Gasteiger partial charge in [-0.25, -0.2) is 0 Å². The van der Waals surface area contributed by atoms with Gasteiger partial charge in [-0.15, -0.1) is 0 Å². The predicted octanol–water partition coefficient (Wildman–Crippen LogP) is 3.45. The van der Waals surface area contributed by atoms with Crippen LogP contribution in [-0.4, -0.2) is 13.6 Å². The summed E-state index contributed by atoms with van der Waals surface area (Å²) in [4.78, 5) is 0. The Bertz CT molecular complexity index is 142. The first-order valence-electron chi connectivity index (χ1n) is 6.38. The van der Waals surface area contributed by atoms with Crippen LogP contribution in [0.1, 0.15) is 52.4 Å². The van der Waals surface area contributed by atoms with Gasteiger partial charge in [0.1, 0.15) is 0 Å². The topological polar surface area (TPSA) is 12.0 Å². The summed E-state index contributed by atoms with van der Waals surface area (Å²) in [5, 5.41) is 3.34. The first kappa shape index (κ1) is 12.0. The summed E-state index contributed by atoms with van der Waals surface area (Å²) in [7, 11) is 2.09. The smallest absolute Gasteiger partial charge is 0.00209 e. The van der Waals surface area contributed by atoms with Gasteiger partial charge in [0.15, 0.2) is 0 Å². The molecule has 1 aliphatic carbocycles.